The van der Waals surface area contributed by atoms with Crippen LogP contribution in [0.15, 0.2) is 46.6 Å². The summed E-state index contributed by atoms with van der Waals surface area (Å²) in [4.78, 5) is 11.6. The average molecular weight is 328 g/mol. The number of hydrogen-bond acceptors (Lipinski definition) is 4. The van der Waals surface area contributed by atoms with Gasteiger partial charge in [0.15, 0.2) is 0 Å². The third-order valence-electron chi connectivity index (χ3n) is 3.49. The number of phenols is 1. The maximum atomic E-state index is 11.6. The summed E-state index contributed by atoms with van der Waals surface area (Å²) in [7, 11) is 1.49. The number of methoxy groups -OCH3 is 1. The minimum Gasteiger partial charge on any atom is -0.507 e. The Balaban J connectivity index is 2.52. The van der Waals surface area contributed by atoms with E-state index in [0.29, 0.717) is 29.1 Å². The van der Waals surface area contributed by atoms with Crippen LogP contribution in [-0.2, 0) is 11.2 Å². The molecular weight excluding hydrogens is 308 g/mol. The maximum absolute atomic E-state index is 11.6. The average Bonchev–Trinajstić information content (AvgIpc) is 3.03. The molecule has 0 radical (unpaired) electrons. The van der Waals surface area contributed by atoms with Crippen LogP contribution in [0.5, 0.6) is 11.5 Å². The van der Waals surface area contributed by atoms with E-state index in [1.165, 1.54) is 25.5 Å². The van der Waals surface area contributed by atoms with Gasteiger partial charge in [0.1, 0.15) is 17.3 Å². The molecule has 2 aromatic rings. The number of phenolic OH excluding ortho intramolecular Hbond substituents is 1. The van der Waals surface area contributed by atoms with Crippen LogP contribution in [0.4, 0.5) is 0 Å². The van der Waals surface area contributed by atoms with Crippen LogP contribution in [0.3, 0.4) is 0 Å². The van der Waals surface area contributed by atoms with Gasteiger partial charge in [-0.25, -0.2) is 4.79 Å². The van der Waals surface area contributed by atoms with E-state index < -0.39 is 5.97 Å². The number of carbonyl (C=O) groups is 1. The number of allylic oxidation sites excluding steroid dienone is 2. The number of aromatic hydroxyl groups is 1. The normalized spacial score (nSPS) is 11.2. The number of aliphatic carboxylic acids is 1. The standard InChI is InChI=1S/C19H20O5/c1-12(2)6-7-15-17(20)9-13(10-18(15)23-3)16(19(21)22)11-14-5-4-8-24-14/h4-6,8-11,20H,7H2,1-3H3,(H,21,22)/b16-11+. The molecule has 1 aromatic carbocycles. The second kappa shape index (κ2) is 7.55. The molecule has 24 heavy (non-hydrogen) atoms. The molecular formula is C19H20O5. The lowest BCUT2D eigenvalue weighted by atomic mass is 9.99. The Hall–Kier alpha value is -2.95. The highest BCUT2D eigenvalue weighted by molar-refractivity contribution is 6.20. The smallest absolute Gasteiger partial charge is 0.336 e. The topological polar surface area (TPSA) is 79.9 Å². The van der Waals surface area contributed by atoms with Crippen molar-refractivity contribution in [3.63, 3.8) is 0 Å². The number of benzene rings is 1. The zero-order valence-corrected chi connectivity index (χ0v) is 13.9. The predicted octanol–water partition coefficient (Wildman–Crippen LogP) is 4.13. The Labute approximate surface area is 140 Å². The fourth-order valence-corrected chi connectivity index (χ4v) is 2.26. The molecule has 2 N–H and O–H groups in total. The number of furan rings is 1. The van der Waals surface area contributed by atoms with Gasteiger partial charge in [-0.15, -0.1) is 0 Å². The van der Waals surface area contributed by atoms with Crippen molar-refractivity contribution in [1.29, 1.82) is 0 Å². The number of carboxylic acids is 1. The van der Waals surface area contributed by atoms with Gasteiger partial charge >= 0.3 is 5.97 Å². The van der Waals surface area contributed by atoms with E-state index in [9.17, 15) is 15.0 Å². The quantitative estimate of drug-likeness (QED) is 0.616. The molecule has 0 aliphatic carbocycles. The molecule has 126 valence electrons. The first-order valence-corrected chi connectivity index (χ1v) is 7.44. The zero-order chi connectivity index (χ0) is 17.7. The van der Waals surface area contributed by atoms with Crippen LogP contribution < -0.4 is 4.74 Å². The molecule has 2 rings (SSSR count). The molecule has 0 atom stereocenters. The molecule has 1 heterocycles. The molecule has 0 bridgehead atoms. The van der Waals surface area contributed by atoms with Gasteiger partial charge in [0.2, 0.25) is 0 Å². The zero-order valence-electron chi connectivity index (χ0n) is 13.9. The summed E-state index contributed by atoms with van der Waals surface area (Å²) in [6.45, 7) is 3.93. The van der Waals surface area contributed by atoms with Gasteiger partial charge in [-0.3, -0.25) is 0 Å². The predicted molar refractivity (Wildman–Crippen MR) is 92.0 cm³/mol. The van der Waals surface area contributed by atoms with Crippen molar-refractivity contribution in [3.05, 3.63) is 59.1 Å². The largest absolute Gasteiger partial charge is 0.507 e. The molecule has 0 fully saturated rings. The third kappa shape index (κ3) is 4.07. The lowest BCUT2D eigenvalue weighted by Crippen LogP contribution is -2.01. The van der Waals surface area contributed by atoms with E-state index >= 15 is 0 Å². The molecule has 5 heteroatoms. The van der Waals surface area contributed by atoms with Crippen molar-refractivity contribution in [3.8, 4) is 11.5 Å². The fourth-order valence-electron chi connectivity index (χ4n) is 2.26. The van der Waals surface area contributed by atoms with E-state index in [4.69, 9.17) is 9.15 Å². The summed E-state index contributed by atoms with van der Waals surface area (Å²) in [6, 6.07) is 6.37. The van der Waals surface area contributed by atoms with Crippen molar-refractivity contribution in [1.82, 2.24) is 0 Å². The molecule has 0 spiro atoms. The highest BCUT2D eigenvalue weighted by atomic mass is 16.5. The highest BCUT2D eigenvalue weighted by Crippen LogP contribution is 2.34. The monoisotopic (exact) mass is 328 g/mol. The SMILES string of the molecule is COc1cc(/C(=C\c2ccco2)C(=O)O)cc(O)c1CC=C(C)C. The van der Waals surface area contributed by atoms with Gasteiger partial charge in [0, 0.05) is 5.56 Å². The van der Waals surface area contributed by atoms with Crippen LogP contribution in [0, 0.1) is 0 Å². The van der Waals surface area contributed by atoms with E-state index in [1.807, 2.05) is 19.9 Å². The van der Waals surface area contributed by atoms with Gasteiger partial charge in [0.05, 0.1) is 18.9 Å². The minimum absolute atomic E-state index is 0.00607. The van der Waals surface area contributed by atoms with Gasteiger partial charge in [0.25, 0.3) is 0 Å². The molecule has 0 unspecified atom stereocenters. The van der Waals surface area contributed by atoms with Crippen LogP contribution in [-0.4, -0.2) is 23.3 Å². The second-order valence-electron chi connectivity index (χ2n) is 5.54. The van der Waals surface area contributed by atoms with E-state index in [-0.39, 0.29) is 11.3 Å². The minimum atomic E-state index is -1.12. The van der Waals surface area contributed by atoms with E-state index in [1.54, 1.807) is 18.2 Å². The summed E-state index contributed by atoms with van der Waals surface area (Å²) >= 11 is 0. The molecule has 0 aliphatic heterocycles. The van der Waals surface area contributed by atoms with Gasteiger partial charge < -0.3 is 19.4 Å². The number of hydrogen-bond donors (Lipinski definition) is 2. The van der Waals surface area contributed by atoms with Crippen molar-refractivity contribution in [2.45, 2.75) is 20.3 Å². The van der Waals surface area contributed by atoms with Gasteiger partial charge in [-0.2, -0.15) is 0 Å². The summed E-state index contributed by atoms with van der Waals surface area (Å²) in [6.07, 6.45) is 5.34. The Bertz CT molecular complexity index is 778. The molecule has 0 saturated carbocycles. The Morgan fingerprint density at radius 3 is 2.62 bits per heavy atom. The summed E-state index contributed by atoms with van der Waals surface area (Å²) < 4.78 is 10.5. The molecule has 0 saturated heterocycles. The molecule has 0 amide bonds. The number of carboxylic acid groups (broad SMARTS) is 1. The van der Waals surface area contributed by atoms with Crippen molar-refractivity contribution < 1.29 is 24.2 Å². The van der Waals surface area contributed by atoms with Crippen LogP contribution in [0.25, 0.3) is 11.6 Å². The first-order valence-electron chi connectivity index (χ1n) is 7.44. The van der Waals surface area contributed by atoms with Crippen molar-refractivity contribution in [2.24, 2.45) is 0 Å². The Kier molecular flexibility index (Phi) is 5.47. The highest BCUT2D eigenvalue weighted by Gasteiger charge is 2.17. The summed E-state index contributed by atoms with van der Waals surface area (Å²) in [5.74, 6) is -0.271. The van der Waals surface area contributed by atoms with Gasteiger partial charge in [-0.05, 0) is 56.2 Å². The van der Waals surface area contributed by atoms with Crippen LogP contribution in [0.1, 0.15) is 30.7 Å². The Morgan fingerprint density at radius 1 is 1.33 bits per heavy atom. The first kappa shape index (κ1) is 17.4. The summed E-state index contributed by atoms with van der Waals surface area (Å²) in [5, 5.41) is 19.8. The van der Waals surface area contributed by atoms with Crippen molar-refractivity contribution >= 4 is 17.6 Å². The second-order valence-corrected chi connectivity index (χ2v) is 5.54. The van der Waals surface area contributed by atoms with Crippen molar-refractivity contribution in [2.75, 3.05) is 7.11 Å². The number of ether oxygens (including phenoxy) is 1. The fraction of sp³-hybridized carbons (Fsp3) is 0.211. The van der Waals surface area contributed by atoms with Crippen LogP contribution >= 0.6 is 0 Å². The van der Waals surface area contributed by atoms with E-state index in [2.05, 4.69) is 0 Å². The number of rotatable bonds is 6. The lowest BCUT2D eigenvalue weighted by Gasteiger charge is -2.12. The third-order valence-corrected chi connectivity index (χ3v) is 3.49. The van der Waals surface area contributed by atoms with Crippen LogP contribution in [0.2, 0.25) is 0 Å². The first-order chi connectivity index (χ1) is 11.4. The summed E-state index contributed by atoms with van der Waals surface area (Å²) in [5.41, 5.74) is 2.08. The Morgan fingerprint density at radius 2 is 2.08 bits per heavy atom. The van der Waals surface area contributed by atoms with Gasteiger partial charge in [-0.1, -0.05) is 11.6 Å². The molecule has 5 nitrogen and oxygen atoms in total. The van der Waals surface area contributed by atoms with E-state index in [0.717, 1.165) is 5.57 Å². The maximum Gasteiger partial charge on any atom is 0.336 e. The molecule has 1 aromatic heterocycles. The lowest BCUT2D eigenvalue weighted by molar-refractivity contribution is -0.130. The molecule has 0 aliphatic rings.